The van der Waals surface area contributed by atoms with Crippen molar-refractivity contribution in [2.75, 3.05) is 5.32 Å². The molecule has 0 aliphatic heterocycles. The second-order valence-electron chi connectivity index (χ2n) is 4.92. The molecule has 0 heterocycles. The van der Waals surface area contributed by atoms with Gasteiger partial charge in [-0.2, -0.15) is 0 Å². The lowest BCUT2D eigenvalue weighted by molar-refractivity contribution is -0.122. The lowest BCUT2D eigenvalue weighted by Gasteiger charge is -2.18. The molecule has 5 heteroatoms. The maximum atomic E-state index is 12.9. The summed E-state index contributed by atoms with van der Waals surface area (Å²) in [5.74, 6) is -0.143. The van der Waals surface area contributed by atoms with E-state index >= 15 is 0 Å². The van der Waals surface area contributed by atoms with Crippen LogP contribution in [0.15, 0.2) is 42.5 Å². The van der Waals surface area contributed by atoms with Gasteiger partial charge < -0.3 is 10.1 Å². The highest BCUT2D eigenvalue weighted by Gasteiger charge is 2.19. The molecule has 0 aromatic heterocycles. The first-order valence-electron chi connectivity index (χ1n) is 6.99. The van der Waals surface area contributed by atoms with E-state index in [0.717, 1.165) is 5.56 Å². The van der Waals surface area contributed by atoms with E-state index in [0.29, 0.717) is 22.9 Å². The maximum Gasteiger partial charge on any atom is 0.265 e. The predicted octanol–water partition coefficient (Wildman–Crippen LogP) is 4.58. The topological polar surface area (TPSA) is 38.3 Å². The van der Waals surface area contributed by atoms with Crippen molar-refractivity contribution in [1.29, 1.82) is 0 Å². The summed E-state index contributed by atoms with van der Waals surface area (Å²) in [6, 6.07) is 10.8. The van der Waals surface area contributed by atoms with Crippen molar-refractivity contribution in [3.63, 3.8) is 0 Å². The molecule has 2 rings (SSSR count). The van der Waals surface area contributed by atoms with Crippen LogP contribution in [0, 0.1) is 12.7 Å². The van der Waals surface area contributed by atoms with Crippen molar-refractivity contribution >= 4 is 23.2 Å². The van der Waals surface area contributed by atoms with Crippen LogP contribution in [0.3, 0.4) is 0 Å². The Hall–Kier alpha value is -2.07. The van der Waals surface area contributed by atoms with Crippen molar-refractivity contribution in [2.24, 2.45) is 0 Å². The number of halogens is 2. The molecule has 0 unspecified atom stereocenters. The summed E-state index contributed by atoms with van der Waals surface area (Å²) in [7, 11) is 0. The van der Waals surface area contributed by atoms with E-state index in [4.69, 9.17) is 16.3 Å². The fourth-order valence-corrected chi connectivity index (χ4v) is 2.21. The number of aryl methyl sites for hydroxylation is 1. The van der Waals surface area contributed by atoms with Gasteiger partial charge in [0.05, 0.1) is 0 Å². The van der Waals surface area contributed by atoms with Crippen molar-refractivity contribution in [1.82, 2.24) is 0 Å². The minimum Gasteiger partial charge on any atom is -0.481 e. The molecule has 1 amide bonds. The Morgan fingerprint density at radius 3 is 2.55 bits per heavy atom. The number of amides is 1. The number of rotatable bonds is 5. The summed E-state index contributed by atoms with van der Waals surface area (Å²) in [6.07, 6.45) is -0.156. The predicted molar refractivity (Wildman–Crippen MR) is 85.9 cm³/mol. The van der Waals surface area contributed by atoms with Crippen LogP contribution in [-0.4, -0.2) is 12.0 Å². The summed E-state index contributed by atoms with van der Waals surface area (Å²) in [5, 5.41) is 3.44. The maximum absolute atomic E-state index is 12.9. The summed E-state index contributed by atoms with van der Waals surface area (Å²) in [4.78, 5) is 12.3. The van der Waals surface area contributed by atoms with Crippen molar-refractivity contribution in [3.8, 4) is 5.75 Å². The first-order chi connectivity index (χ1) is 10.5. The first-order valence-corrected chi connectivity index (χ1v) is 7.36. The molecule has 1 N–H and O–H groups in total. The Labute approximate surface area is 134 Å². The third-order valence-corrected chi connectivity index (χ3v) is 3.44. The number of anilines is 1. The molecule has 0 spiro atoms. The molecule has 116 valence electrons. The Balaban J connectivity index is 2.06. The molecule has 0 fully saturated rings. The summed E-state index contributed by atoms with van der Waals surface area (Å²) >= 11 is 5.90. The fourth-order valence-electron chi connectivity index (χ4n) is 1.98. The van der Waals surface area contributed by atoms with Crippen LogP contribution >= 0.6 is 11.6 Å². The standard InChI is InChI=1S/C17H17ClFNO2/c1-3-16(22-14-7-5-13(19)6-8-14)17(21)20-15-9-4-12(18)10-11(15)2/h4-10,16H,3H2,1-2H3,(H,20,21)/t16-/m1/s1. The molecule has 0 saturated heterocycles. The fraction of sp³-hybridized carbons (Fsp3) is 0.235. The van der Waals surface area contributed by atoms with Crippen LogP contribution in [0.1, 0.15) is 18.9 Å². The second-order valence-corrected chi connectivity index (χ2v) is 5.35. The lowest BCUT2D eigenvalue weighted by atomic mass is 10.2. The number of hydrogen-bond donors (Lipinski definition) is 1. The van der Waals surface area contributed by atoms with E-state index in [1.807, 2.05) is 13.8 Å². The Kier molecular flexibility index (Phi) is 5.39. The molecule has 0 radical (unpaired) electrons. The zero-order valence-corrected chi connectivity index (χ0v) is 13.2. The van der Waals surface area contributed by atoms with E-state index in [9.17, 15) is 9.18 Å². The minimum atomic E-state index is -0.652. The van der Waals surface area contributed by atoms with Gasteiger partial charge in [0.15, 0.2) is 6.10 Å². The number of hydrogen-bond acceptors (Lipinski definition) is 2. The summed E-state index contributed by atoms with van der Waals surface area (Å²) in [5.41, 5.74) is 1.56. The van der Waals surface area contributed by atoms with E-state index in [1.54, 1.807) is 18.2 Å². The van der Waals surface area contributed by atoms with Crippen LogP contribution in [0.5, 0.6) is 5.75 Å². The SMILES string of the molecule is CC[C@@H](Oc1ccc(F)cc1)C(=O)Nc1ccc(Cl)cc1C. The van der Waals surface area contributed by atoms with Crippen molar-refractivity contribution < 1.29 is 13.9 Å². The molecule has 0 aliphatic rings. The molecular weight excluding hydrogens is 305 g/mol. The number of benzene rings is 2. The van der Waals surface area contributed by atoms with E-state index in [-0.39, 0.29) is 11.7 Å². The number of nitrogens with one attached hydrogen (secondary N) is 1. The Morgan fingerprint density at radius 2 is 1.95 bits per heavy atom. The molecular formula is C17H17ClFNO2. The molecule has 3 nitrogen and oxygen atoms in total. The Bertz CT molecular complexity index is 658. The molecule has 2 aromatic carbocycles. The largest absolute Gasteiger partial charge is 0.481 e. The second kappa shape index (κ2) is 7.27. The quantitative estimate of drug-likeness (QED) is 0.875. The van der Waals surface area contributed by atoms with Gasteiger partial charge in [-0.25, -0.2) is 4.39 Å². The van der Waals surface area contributed by atoms with E-state index in [2.05, 4.69) is 5.32 Å². The normalized spacial score (nSPS) is 11.8. The monoisotopic (exact) mass is 321 g/mol. The molecule has 0 bridgehead atoms. The molecule has 0 saturated carbocycles. The van der Waals surface area contributed by atoms with Crippen molar-refractivity contribution in [2.45, 2.75) is 26.4 Å². The lowest BCUT2D eigenvalue weighted by Crippen LogP contribution is -2.32. The molecule has 1 atom stereocenters. The van der Waals surface area contributed by atoms with Gasteiger partial charge in [0.2, 0.25) is 0 Å². The smallest absolute Gasteiger partial charge is 0.265 e. The third kappa shape index (κ3) is 4.21. The average molecular weight is 322 g/mol. The van der Waals surface area contributed by atoms with E-state index < -0.39 is 6.10 Å². The molecule has 0 aliphatic carbocycles. The van der Waals surface area contributed by atoms with Crippen LogP contribution in [-0.2, 0) is 4.79 Å². The van der Waals surface area contributed by atoms with Gasteiger partial charge in [-0.3, -0.25) is 4.79 Å². The van der Waals surface area contributed by atoms with Crippen LogP contribution in [0.25, 0.3) is 0 Å². The van der Waals surface area contributed by atoms with E-state index in [1.165, 1.54) is 24.3 Å². The average Bonchev–Trinajstić information content (AvgIpc) is 2.49. The van der Waals surface area contributed by atoms with Crippen LogP contribution in [0.2, 0.25) is 5.02 Å². The van der Waals surface area contributed by atoms with Gasteiger partial charge in [-0.15, -0.1) is 0 Å². The highest BCUT2D eigenvalue weighted by atomic mass is 35.5. The summed E-state index contributed by atoms with van der Waals surface area (Å²) < 4.78 is 18.5. The van der Waals surface area contributed by atoms with Gasteiger partial charge in [0.25, 0.3) is 5.91 Å². The first kappa shape index (κ1) is 16.3. The molecule has 2 aromatic rings. The third-order valence-electron chi connectivity index (χ3n) is 3.20. The number of carbonyl (C=O) groups excluding carboxylic acids is 1. The zero-order valence-electron chi connectivity index (χ0n) is 12.4. The highest BCUT2D eigenvalue weighted by Crippen LogP contribution is 2.21. The van der Waals surface area contributed by atoms with Gasteiger partial charge in [-0.05, 0) is 61.4 Å². The number of ether oxygens (including phenoxy) is 1. The Morgan fingerprint density at radius 1 is 1.27 bits per heavy atom. The summed E-state index contributed by atoms with van der Waals surface area (Å²) in [6.45, 7) is 3.71. The number of carbonyl (C=O) groups is 1. The highest BCUT2D eigenvalue weighted by molar-refractivity contribution is 6.30. The van der Waals surface area contributed by atoms with Crippen LogP contribution in [0.4, 0.5) is 10.1 Å². The van der Waals surface area contributed by atoms with Gasteiger partial charge in [0, 0.05) is 10.7 Å². The van der Waals surface area contributed by atoms with Crippen LogP contribution < -0.4 is 10.1 Å². The van der Waals surface area contributed by atoms with Crippen molar-refractivity contribution in [3.05, 3.63) is 58.9 Å². The molecule has 22 heavy (non-hydrogen) atoms. The van der Waals surface area contributed by atoms with Gasteiger partial charge in [-0.1, -0.05) is 18.5 Å². The zero-order chi connectivity index (χ0) is 16.1. The minimum absolute atomic E-state index is 0.253. The van der Waals surface area contributed by atoms with Gasteiger partial charge >= 0.3 is 0 Å². The van der Waals surface area contributed by atoms with Gasteiger partial charge in [0.1, 0.15) is 11.6 Å².